The Morgan fingerprint density at radius 3 is 1.56 bits per heavy atom. The molecule has 11 aromatic carbocycles. The lowest BCUT2D eigenvalue weighted by Gasteiger charge is -2.37. The van der Waals surface area contributed by atoms with Crippen LogP contribution < -0.4 is 4.90 Å². The maximum Gasteiger partial charge on any atom is 0.136 e. The molecule has 0 saturated carbocycles. The van der Waals surface area contributed by atoms with Gasteiger partial charge in [0.1, 0.15) is 11.2 Å². The van der Waals surface area contributed by atoms with Crippen LogP contribution >= 0.6 is 0 Å². The van der Waals surface area contributed by atoms with Crippen LogP contribution in [-0.2, 0) is 16.2 Å². The van der Waals surface area contributed by atoms with Crippen molar-refractivity contribution in [3.63, 3.8) is 0 Å². The average molecular weight is 966 g/mol. The first-order chi connectivity index (χ1) is 36.4. The summed E-state index contributed by atoms with van der Waals surface area (Å²) in [7, 11) is 0. The van der Waals surface area contributed by atoms with Crippen molar-refractivity contribution in [1.29, 1.82) is 0 Å². The van der Waals surface area contributed by atoms with E-state index in [-0.39, 0.29) is 10.8 Å². The molecule has 0 N–H and O–H groups in total. The molecule has 362 valence electrons. The van der Waals surface area contributed by atoms with E-state index in [1.165, 1.54) is 77.5 Å². The highest BCUT2D eigenvalue weighted by molar-refractivity contribution is 6.12. The normalized spacial score (nSPS) is 13.0. The van der Waals surface area contributed by atoms with Crippen molar-refractivity contribution >= 4 is 49.8 Å². The van der Waals surface area contributed by atoms with Gasteiger partial charge >= 0.3 is 0 Å². The van der Waals surface area contributed by atoms with E-state index in [9.17, 15) is 0 Å². The van der Waals surface area contributed by atoms with Crippen LogP contribution in [-0.4, -0.2) is 0 Å². The molecule has 0 bridgehead atoms. The van der Waals surface area contributed by atoms with Crippen LogP contribution in [0.15, 0.2) is 253 Å². The molecule has 75 heavy (non-hydrogen) atoms. The Hall–Kier alpha value is -8.72. The first kappa shape index (κ1) is 46.1. The molecule has 1 aliphatic rings. The fourth-order valence-electron chi connectivity index (χ4n) is 12.0. The summed E-state index contributed by atoms with van der Waals surface area (Å²) in [5.74, 6) is 0. The fourth-order valence-corrected chi connectivity index (χ4v) is 12.0. The monoisotopic (exact) mass is 965 g/mol. The molecule has 0 unspecified atom stereocenters. The second-order valence-corrected chi connectivity index (χ2v) is 22.5. The predicted octanol–water partition coefficient (Wildman–Crippen LogP) is 20.2. The van der Waals surface area contributed by atoms with Crippen LogP contribution in [0.4, 0.5) is 17.1 Å². The zero-order valence-corrected chi connectivity index (χ0v) is 43.5. The zero-order chi connectivity index (χ0) is 51.1. The van der Waals surface area contributed by atoms with E-state index in [0.29, 0.717) is 0 Å². The maximum atomic E-state index is 6.36. The molecule has 0 saturated heterocycles. The summed E-state index contributed by atoms with van der Waals surface area (Å²) in [4.78, 5) is 2.44. The largest absolute Gasteiger partial charge is 0.456 e. The maximum absolute atomic E-state index is 6.36. The Kier molecular flexibility index (Phi) is 10.9. The number of rotatable bonds is 8. The van der Waals surface area contributed by atoms with Crippen molar-refractivity contribution in [2.75, 3.05) is 4.90 Å². The van der Waals surface area contributed by atoms with Gasteiger partial charge in [-0.2, -0.15) is 0 Å². The van der Waals surface area contributed by atoms with Gasteiger partial charge in [0.25, 0.3) is 0 Å². The molecule has 0 fully saturated rings. The van der Waals surface area contributed by atoms with Gasteiger partial charge in [-0.15, -0.1) is 0 Å². The van der Waals surface area contributed by atoms with Crippen molar-refractivity contribution in [2.45, 2.75) is 57.8 Å². The van der Waals surface area contributed by atoms with E-state index in [1.807, 2.05) is 6.07 Å². The van der Waals surface area contributed by atoms with Crippen LogP contribution in [0.2, 0.25) is 0 Å². The molecule has 2 heteroatoms. The summed E-state index contributed by atoms with van der Waals surface area (Å²) in [6.07, 6.45) is 0. The number of nitrogens with zero attached hydrogens (tertiary/aromatic N) is 1. The first-order valence-electron chi connectivity index (χ1n) is 26.4. The number of para-hydroxylation sites is 1. The molecule has 13 rings (SSSR count). The number of anilines is 3. The minimum Gasteiger partial charge on any atom is -0.456 e. The van der Waals surface area contributed by atoms with Gasteiger partial charge in [0.05, 0.1) is 5.41 Å². The Morgan fingerprint density at radius 2 is 0.867 bits per heavy atom. The Morgan fingerprint density at radius 1 is 0.333 bits per heavy atom. The van der Waals surface area contributed by atoms with E-state index in [2.05, 4.69) is 289 Å². The van der Waals surface area contributed by atoms with Gasteiger partial charge in [-0.05, 0) is 154 Å². The number of furan rings is 1. The molecule has 1 heterocycles. The Labute approximate surface area is 441 Å². The predicted molar refractivity (Wildman–Crippen MR) is 317 cm³/mol. The summed E-state index contributed by atoms with van der Waals surface area (Å²) in [5.41, 5.74) is 21.5. The molecule has 2 nitrogen and oxygen atoms in total. The lowest BCUT2D eigenvalue weighted by molar-refractivity contribution is 0.585. The third-order valence-electron chi connectivity index (χ3n) is 15.9. The van der Waals surface area contributed by atoms with Crippen LogP contribution in [0.5, 0.6) is 0 Å². The highest BCUT2D eigenvalue weighted by Gasteiger charge is 2.47. The zero-order valence-electron chi connectivity index (χ0n) is 43.5. The smallest absolute Gasteiger partial charge is 0.136 e. The third-order valence-corrected chi connectivity index (χ3v) is 15.9. The molecule has 0 spiro atoms. The summed E-state index contributed by atoms with van der Waals surface area (Å²) in [5, 5.41) is 4.76. The van der Waals surface area contributed by atoms with Gasteiger partial charge < -0.3 is 9.32 Å². The molecule has 0 amide bonds. The van der Waals surface area contributed by atoms with Crippen molar-refractivity contribution in [3.05, 3.63) is 282 Å². The Balaban J connectivity index is 1.06. The highest BCUT2D eigenvalue weighted by Crippen LogP contribution is 2.59. The second kappa shape index (κ2) is 17.7. The van der Waals surface area contributed by atoms with Gasteiger partial charge in [0.2, 0.25) is 0 Å². The van der Waals surface area contributed by atoms with E-state index >= 15 is 0 Å². The second-order valence-electron chi connectivity index (χ2n) is 22.5. The summed E-state index contributed by atoms with van der Waals surface area (Å²) in [6, 6.07) is 92.5. The number of hydrogen-bond acceptors (Lipinski definition) is 2. The average Bonchev–Trinajstić information content (AvgIpc) is 4.00. The fraction of sp³-hybridized carbons (Fsp3) is 0.123. The lowest BCUT2D eigenvalue weighted by atomic mass is 9.66. The Bertz CT molecular complexity index is 4060. The molecule has 0 radical (unpaired) electrons. The first-order valence-corrected chi connectivity index (χ1v) is 26.4. The van der Waals surface area contributed by atoms with Crippen LogP contribution in [0.25, 0.3) is 77.2 Å². The van der Waals surface area contributed by atoms with Crippen molar-refractivity contribution in [1.82, 2.24) is 0 Å². The van der Waals surface area contributed by atoms with Crippen LogP contribution in [0.3, 0.4) is 0 Å². The van der Waals surface area contributed by atoms with Crippen molar-refractivity contribution in [2.24, 2.45) is 0 Å². The molecule has 0 atom stereocenters. The third kappa shape index (κ3) is 7.78. The molecule has 0 aliphatic heterocycles. The standard InChI is InChI=1S/C73H59NO/c1-71(2,3)53-22-15-24-55(45-53)73(56-25-16-23-54(46-56)72(4,5)6)66-43-36-52(61-28-14-21-50-20-10-11-26-60(50)61)44-65(66)63-42-41-59(47-67(63)73)74(57-37-32-49(33-38-57)48-18-8-7-9-19-48)58-39-34-51(35-40-58)62-29-17-31-69-70(62)64-27-12-13-30-68(64)75-69/h7-47H,1-6H3. The van der Waals surface area contributed by atoms with Gasteiger partial charge in [0, 0.05) is 27.8 Å². The quantitative estimate of drug-likeness (QED) is 0.151. The summed E-state index contributed by atoms with van der Waals surface area (Å²) in [6.45, 7) is 14.0. The molecular formula is C73H59NO. The van der Waals surface area contributed by atoms with Crippen LogP contribution in [0.1, 0.15) is 74.9 Å². The number of hydrogen-bond donors (Lipinski definition) is 0. The number of benzene rings is 11. The van der Waals surface area contributed by atoms with Gasteiger partial charge in [-0.1, -0.05) is 236 Å². The highest BCUT2D eigenvalue weighted by atomic mass is 16.3. The lowest BCUT2D eigenvalue weighted by Crippen LogP contribution is -2.30. The van der Waals surface area contributed by atoms with Crippen molar-refractivity contribution in [3.8, 4) is 44.5 Å². The van der Waals surface area contributed by atoms with E-state index < -0.39 is 5.41 Å². The van der Waals surface area contributed by atoms with Crippen LogP contribution in [0, 0.1) is 0 Å². The van der Waals surface area contributed by atoms with E-state index in [4.69, 9.17) is 4.42 Å². The minimum absolute atomic E-state index is 0.0695. The molecule has 1 aromatic heterocycles. The molecular weight excluding hydrogens is 907 g/mol. The van der Waals surface area contributed by atoms with Gasteiger partial charge in [0.15, 0.2) is 0 Å². The van der Waals surface area contributed by atoms with Gasteiger partial charge in [-0.25, -0.2) is 0 Å². The molecule has 1 aliphatic carbocycles. The van der Waals surface area contributed by atoms with Gasteiger partial charge in [-0.3, -0.25) is 0 Å². The topological polar surface area (TPSA) is 16.4 Å². The summed E-state index contributed by atoms with van der Waals surface area (Å²) >= 11 is 0. The molecule has 12 aromatic rings. The van der Waals surface area contributed by atoms with Crippen molar-refractivity contribution < 1.29 is 4.42 Å². The minimum atomic E-state index is -0.667. The summed E-state index contributed by atoms with van der Waals surface area (Å²) < 4.78 is 6.36. The number of fused-ring (bicyclic) bond motifs is 7. The SMILES string of the molecule is CC(C)(C)c1cccc(C2(c3cccc(C(C)(C)C)c3)c3ccc(-c4cccc5ccccc45)cc3-c3ccc(N(c4ccc(-c5ccccc5)cc4)c4ccc(-c5cccc6oc7ccccc7c56)cc4)cc32)c1. The van der Waals surface area contributed by atoms with E-state index in [0.717, 1.165) is 50.1 Å². The van der Waals surface area contributed by atoms with E-state index in [1.54, 1.807) is 0 Å².